The Morgan fingerprint density at radius 3 is 2.68 bits per heavy atom. The van der Waals surface area contributed by atoms with E-state index in [4.69, 9.17) is 16.3 Å². The lowest BCUT2D eigenvalue weighted by Gasteiger charge is -2.28. The fourth-order valence-electron chi connectivity index (χ4n) is 2.41. The van der Waals surface area contributed by atoms with Gasteiger partial charge in [0.25, 0.3) is 5.91 Å². The van der Waals surface area contributed by atoms with Crippen molar-refractivity contribution in [2.24, 2.45) is 0 Å². The quantitative estimate of drug-likeness (QED) is 0.858. The van der Waals surface area contributed by atoms with Crippen molar-refractivity contribution in [2.45, 2.75) is 20.0 Å². The number of β-amino-alcohol motifs (C(OH)–C–C–N with tert-alkyl or cyclic N) is 1. The molecule has 2 rings (SSSR count). The van der Waals surface area contributed by atoms with Gasteiger partial charge in [-0.1, -0.05) is 11.6 Å². The second-order valence-corrected chi connectivity index (χ2v) is 6.10. The largest absolute Gasteiger partial charge is 0.390 e. The van der Waals surface area contributed by atoms with Crippen LogP contribution in [0.25, 0.3) is 0 Å². The molecule has 1 fully saturated rings. The smallest absolute Gasteiger partial charge is 0.252 e. The maximum Gasteiger partial charge on any atom is 0.252 e. The zero-order valence-corrected chi connectivity index (χ0v) is 13.8. The number of nitrogens with one attached hydrogen (secondary N) is 1. The molecule has 1 aromatic carbocycles. The van der Waals surface area contributed by atoms with E-state index in [1.807, 2.05) is 13.8 Å². The molecule has 0 aliphatic carbocycles. The Morgan fingerprint density at radius 1 is 1.36 bits per heavy atom. The maximum atomic E-state index is 12.2. The normalized spacial score (nSPS) is 17.3. The van der Waals surface area contributed by atoms with Crippen LogP contribution in [0, 0.1) is 13.8 Å². The molecule has 1 unspecified atom stereocenters. The number of hydrogen-bond acceptors (Lipinski definition) is 4. The van der Waals surface area contributed by atoms with Gasteiger partial charge < -0.3 is 15.2 Å². The minimum absolute atomic E-state index is 0.208. The third kappa shape index (κ3) is 4.68. The molecule has 1 atom stereocenters. The van der Waals surface area contributed by atoms with Gasteiger partial charge in [0.05, 0.1) is 29.9 Å². The molecular weight excluding hydrogens is 304 g/mol. The van der Waals surface area contributed by atoms with Crippen molar-refractivity contribution < 1.29 is 14.6 Å². The minimum atomic E-state index is -0.604. The predicted molar refractivity (Wildman–Crippen MR) is 86.5 cm³/mol. The summed E-state index contributed by atoms with van der Waals surface area (Å²) in [6, 6.07) is 3.57. The molecular formula is C16H23ClN2O3. The number of aliphatic hydroxyl groups is 1. The Bertz CT molecular complexity index is 530. The van der Waals surface area contributed by atoms with E-state index >= 15 is 0 Å². The zero-order chi connectivity index (χ0) is 16.1. The first-order valence-electron chi connectivity index (χ1n) is 7.50. The van der Waals surface area contributed by atoms with Crippen molar-refractivity contribution in [2.75, 3.05) is 39.4 Å². The van der Waals surface area contributed by atoms with E-state index in [-0.39, 0.29) is 12.5 Å². The van der Waals surface area contributed by atoms with Crippen LogP contribution < -0.4 is 5.32 Å². The molecule has 22 heavy (non-hydrogen) atoms. The Morgan fingerprint density at radius 2 is 2.00 bits per heavy atom. The number of morpholine rings is 1. The van der Waals surface area contributed by atoms with Crippen LogP contribution in [0.4, 0.5) is 0 Å². The highest BCUT2D eigenvalue weighted by Gasteiger charge is 2.17. The molecule has 0 radical (unpaired) electrons. The van der Waals surface area contributed by atoms with Crippen molar-refractivity contribution >= 4 is 17.5 Å². The van der Waals surface area contributed by atoms with Gasteiger partial charge in [-0.3, -0.25) is 9.69 Å². The number of hydrogen-bond donors (Lipinski definition) is 2. The van der Waals surface area contributed by atoms with E-state index in [1.165, 1.54) is 0 Å². The summed E-state index contributed by atoms with van der Waals surface area (Å²) in [5.74, 6) is -0.255. The third-order valence-corrected chi connectivity index (χ3v) is 4.21. The number of amides is 1. The van der Waals surface area contributed by atoms with E-state index in [2.05, 4.69) is 10.2 Å². The molecule has 122 valence electrons. The molecule has 1 aliphatic rings. The SMILES string of the molecule is Cc1cc(Cl)c(C(=O)NCC(O)CN2CCOCC2)cc1C. The van der Waals surface area contributed by atoms with Gasteiger partial charge >= 0.3 is 0 Å². The molecule has 0 spiro atoms. The van der Waals surface area contributed by atoms with Crippen LogP contribution in [-0.2, 0) is 4.74 Å². The van der Waals surface area contributed by atoms with Gasteiger partial charge in [0, 0.05) is 26.2 Å². The molecule has 1 saturated heterocycles. The van der Waals surface area contributed by atoms with Crippen molar-refractivity contribution in [1.29, 1.82) is 0 Å². The average Bonchev–Trinajstić information content (AvgIpc) is 2.49. The lowest BCUT2D eigenvalue weighted by Crippen LogP contribution is -2.44. The predicted octanol–water partition coefficient (Wildman–Crippen LogP) is 1.38. The van der Waals surface area contributed by atoms with Gasteiger partial charge in [0.2, 0.25) is 0 Å². The molecule has 2 N–H and O–H groups in total. The first-order chi connectivity index (χ1) is 10.5. The second-order valence-electron chi connectivity index (χ2n) is 5.69. The second kappa shape index (κ2) is 7.92. The standard InChI is InChI=1S/C16H23ClN2O3/c1-11-7-14(15(17)8-12(11)2)16(21)18-9-13(20)10-19-3-5-22-6-4-19/h7-8,13,20H,3-6,9-10H2,1-2H3,(H,18,21). The summed E-state index contributed by atoms with van der Waals surface area (Å²) in [5, 5.41) is 13.2. The molecule has 1 amide bonds. The molecule has 0 bridgehead atoms. The average molecular weight is 327 g/mol. The summed E-state index contributed by atoms with van der Waals surface area (Å²) in [6.07, 6.45) is -0.604. The van der Waals surface area contributed by atoms with Gasteiger partial charge in [-0.25, -0.2) is 0 Å². The highest BCUT2D eigenvalue weighted by Crippen LogP contribution is 2.20. The number of aliphatic hydroxyl groups excluding tert-OH is 1. The highest BCUT2D eigenvalue weighted by molar-refractivity contribution is 6.34. The zero-order valence-electron chi connectivity index (χ0n) is 13.1. The monoisotopic (exact) mass is 326 g/mol. The van der Waals surface area contributed by atoms with Crippen LogP contribution in [0.1, 0.15) is 21.5 Å². The van der Waals surface area contributed by atoms with Crippen molar-refractivity contribution in [3.63, 3.8) is 0 Å². The number of rotatable bonds is 5. The Kier molecular flexibility index (Phi) is 6.20. The lowest BCUT2D eigenvalue weighted by atomic mass is 10.1. The van der Waals surface area contributed by atoms with Gasteiger partial charge in [-0.15, -0.1) is 0 Å². The molecule has 0 saturated carbocycles. The summed E-state index contributed by atoms with van der Waals surface area (Å²) in [7, 11) is 0. The number of nitrogens with zero attached hydrogens (tertiary/aromatic N) is 1. The maximum absolute atomic E-state index is 12.2. The van der Waals surface area contributed by atoms with Gasteiger partial charge in [0.1, 0.15) is 0 Å². The topological polar surface area (TPSA) is 61.8 Å². The fraction of sp³-hybridized carbons (Fsp3) is 0.562. The number of carbonyl (C=O) groups is 1. The lowest BCUT2D eigenvalue weighted by molar-refractivity contribution is 0.0149. The van der Waals surface area contributed by atoms with Crippen LogP contribution in [0.3, 0.4) is 0 Å². The minimum Gasteiger partial charge on any atom is -0.390 e. The van der Waals surface area contributed by atoms with Crippen molar-refractivity contribution in [3.8, 4) is 0 Å². The molecule has 1 aliphatic heterocycles. The van der Waals surface area contributed by atoms with Crippen LogP contribution in [-0.4, -0.2) is 61.4 Å². The Labute approximate surface area is 136 Å². The molecule has 5 nitrogen and oxygen atoms in total. The van der Waals surface area contributed by atoms with Gasteiger partial charge in [-0.2, -0.15) is 0 Å². The van der Waals surface area contributed by atoms with Crippen LogP contribution >= 0.6 is 11.6 Å². The summed E-state index contributed by atoms with van der Waals surface area (Å²) in [4.78, 5) is 14.3. The number of ether oxygens (including phenoxy) is 1. The molecule has 0 aromatic heterocycles. The van der Waals surface area contributed by atoms with Crippen molar-refractivity contribution in [1.82, 2.24) is 10.2 Å². The summed E-state index contributed by atoms with van der Waals surface area (Å²) in [5.41, 5.74) is 2.51. The van der Waals surface area contributed by atoms with Crippen LogP contribution in [0.5, 0.6) is 0 Å². The van der Waals surface area contributed by atoms with E-state index in [0.717, 1.165) is 24.2 Å². The first kappa shape index (κ1) is 17.2. The summed E-state index contributed by atoms with van der Waals surface area (Å²) < 4.78 is 5.26. The first-order valence-corrected chi connectivity index (χ1v) is 7.88. The number of aryl methyl sites for hydroxylation is 2. The fourth-order valence-corrected chi connectivity index (χ4v) is 2.71. The third-order valence-electron chi connectivity index (χ3n) is 3.90. The number of carbonyl (C=O) groups excluding carboxylic acids is 1. The molecule has 6 heteroatoms. The summed E-state index contributed by atoms with van der Waals surface area (Å²) >= 11 is 6.12. The highest BCUT2D eigenvalue weighted by atomic mass is 35.5. The van der Waals surface area contributed by atoms with E-state index in [1.54, 1.807) is 12.1 Å². The van der Waals surface area contributed by atoms with Gasteiger partial charge in [0.15, 0.2) is 0 Å². The van der Waals surface area contributed by atoms with E-state index in [0.29, 0.717) is 30.3 Å². The van der Waals surface area contributed by atoms with Crippen LogP contribution in [0.2, 0.25) is 5.02 Å². The van der Waals surface area contributed by atoms with Crippen LogP contribution in [0.15, 0.2) is 12.1 Å². The molecule has 1 aromatic rings. The van der Waals surface area contributed by atoms with Crippen molar-refractivity contribution in [3.05, 3.63) is 33.8 Å². The van der Waals surface area contributed by atoms with Gasteiger partial charge in [-0.05, 0) is 37.1 Å². The summed E-state index contributed by atoms with van der Waals surface area (Å²) in [6.45, 7) is 7.64. The molecule has 1 heterocycles. The van der Waals surface area contributed by atoms with E-state index in [9.17, 15) is 9.90 Å². The Balaban J connectivity index is 1.85. The Hall–Kier alpha value is -1.14. The number of benzene rings is 1. The van der Waals surface area contributed by atoms with E-state index < -0.39 is 6.10 Å². The number of halogens is 1.